The van der Waals surface area contributed by atoms with Crippen molar-refractivity contribution >= 4 is 35.8 Å². The van der Waals surface area contributed by atoms with Crippen molar-refractivity contribution in [1.82, 2.24) is 0 Å². The summed E-state index contributed by atoms with van der Waals surface area (Å²) in [5.41, 5.74) is -3.14. The number of esters is 6. The van der Waals surface area contributed by atoms with Gasteiger partial charge in [-0.3, -0.25) is 9.59 Å². The van der Waals surface area contributed by atoms with Crippen molar-refractivity contribution in [1.29, 1.82) is 0 Å². The maximum absolute atomic E-state index is 12.0. The minimum atomic E-state index is -3.14. The van der Waals surface area contributed by atoms with Gasteiger partial charge in [0.2, 0.25) is 0 Å². The van der Waals surface area contributed by atoms with Crippen LogP contribution in [0.5, 0.6) is 0 Å². The largest absolute Gasteiger partial charge is 0.391 e. The lowest BCUT2D eigenvalue weighted by molar-refractivity contribution is -0.188. The molecule has 28 heavy (non-hydrogen) atoms. The first kappa shape index (κ1) is 25.3. The standard InChI is InChI=1S/C15H20O13/c1-6(16)11(21)26-9(19)4-15(25,14(24)28-13(23)8(3)18)5-10(20)27-12(22)7(2)17/h6-8,16-18,25H,4-5H2,1-3H3. The smallest absolute Gasteiger partial charge is 0.347 e. The predicted octanol–water partition coefficient (Wildman–Crippen LogP) is -3.15. The summed E-state index contributed by atoms with van der Waals surface area (Å²) >= 11 is 0. The number of hydrogen-bond acceptors (Lipinski definition) is 13. The molecule has 0 aromatic heterocycles. The highest BCUT2D eigenvalue weighted by Crippen LogP contribution is 2.20. The van der Waals surface area contributed by atoms with Crippen molar-refractivity contribution in [2.45, 2.75) is 57.5 Å². The Morgan fingerprint density at radius 3 is 1.25 bits per heavy atom. The van der Waals surface area contributed by atoms with Crippen LogP contribution in [0.2, 0.25) is 0 Å². The highest BCUT2D eigenvalue weighted by atomic mass is 16.6. The van der Waals surface area contributed by atoms with Gasteiger partial charge >= 0.3 is 35.8 Å². The highest BCUT2D eigenvalue weighted by Gasteiger charge is 2.45. The van der Waals surface area contributed by atoms with Gasteiger partial charge in [-0.1, -0.05) is 0 Å². The molecule has 0 amide bonds. The Bertz CT molecular complexity index is 610. The third kappa shape index (κ3) is 8.30. The van der Waals surface area contributed by atoms with Crippen LogP contribution in [0.4, 0.5) is 0 Å². The maximum atomic E-state index is 12.0. The lowest BCUT2D eigenvalue weighted by Crippen LogP contribution is -2.47. The highest BCUT2D eigenvalue weighted by molar-refractivity contribution is 5.99. The topological polar surface area (TPSA) is 211 Å². The van der Waals surface area contributed by atoms with Gasteiger partial charge in [0.05, 0.1) is 12.8 Å². The molecular formula is C15H20O13. The van der Waals surface area contributed by atoms with Crippen LogP contribution in [0.1, 0.15) is 33.6 Å². The van der Waals surface area contributed by atoms with Crippen molar-refractivity contribution < 1.29 is 63.4 Å². The van der Waals surface area contributed by atoms with E-state index in [-0.39, 0.29) is 0 Å². The number of ether oxygens (including phenoxy) is 3. The molecule has 0 rings (SSSR count). The average molecular weight is 408 g/mol. The summed E-state index contributed by atoms with van der Waals surface area (Å²) in [6.07, 6.45) is -8.10. The van der Waals surface area contributed by atoms with Gasteiger partial charge in [-0.2, -0.15) is 0 Å². The van der Waals surface area contributed by atoms with Crippen molar-refractivity contribution in [3.05, 3.63) is 0 Å². The van der Waals surface area contributed by atoms with Crippen molar-refractivity contribution in [3.63, 3.8) is 0 Å². The summed E-state index contributed by atoms with van der Waals surface area (Å²) in [6, 6.07) is 0. The van der Waals surface area contributed by atoms with Crippen LogP contribution in [0.15, 0.2) is 0 Å². The van der Waals surface area contributed by atoms with Crippen molar-refractivity contribution in [2.24, 2.45) is 0 Å². The van der Waals surface area contributed by atoms with Crippen LogP contribution in [0.3, 0.4) is 0 Å². The minimum absolute atomic E-state index is 0.916. The maximum Gasteiger partial charge on any atom is 0.347 e. The Hall–Kier alpha value is -2.74. The van der Waals surface area contributed by atoms with Crippen LogP contribution >= 0.6 is 0 Å². The lowest BCUT2D eigenvalue weighted by atomic mass is 9.95. The molecule has 0 saturated heterocycles. The van der Waals surface area contributed by atoms with Gasteiger partial charge in [-0.05, 0) is 20.8 Å². The van der Waals surface area contributed by atoms with E-state index in [0.29, 0.717) is 0 Å². The fraction of sp³-hybridized carbons (Fsp3) is 0.600. The van der Waals surface area contributed by atoms with Crippen LogP contribution in [0, 0.1) is 0 Å². The van der Waals surface area contributed by atoms with Crippen molar-refractivity contribution in [2.75, 3.05) is 0 Å². The van der Waals surface area contributed by atoms with E-state index < -0.39 is 72.6 Å². The van der Waals surface area contributed by atoms with E-state index in [9.17, 15) is 33.9 Å². The number of carbonyl (C=O) groups excluding carboxylic acids is 6. The molecule has 0 aliphatic rings. The first-order chi connectivity index (χ1) is 12.7. The molecule has 3 unspecified atom stereocenters. The summed E-state index contributed by atoms with van der Waals surface area (Å²) in [4.78, 5) is 69.0. The van der Waals surface area contributed by atoms with Gasteiger partial charge in [-0.15, -0.1) is 0 Å². The molecule has 13 nitrogen and oxygen atoms in total. The first-order valence-electron chi connectivity index (χ1n) is 7.71. The molecule has 0 aliphatic heterocycles. The summed E-state index contributed by atoms with van der Waals surface area (Å²) in [7, 11) is 0. The SMILES string of the molecule is CC(O)C(=O)OC(=O)CC(O)(CC(=O)OC(=O)C(C)O)C(=O)OC(=O)C(C)O. The number of carbonyl (C=O) groups is 6. The molecule has 0 fully saturated rings. The molecule has 0 heterocycles. The Labute approximate surface area is 157 Å². The van der Waals surface area contributed by atoms with E-state index in [1.54, 1.807) is 0 Å². The Kier molecular flexibility index (Phi) is 9.52. The molecule has 0 aromatic rings. The van der Waals surface area contributed by atoms with E-state index in [0.717, 1.165) is 20.8 Å². The van der Waals surface area contributed by atoms with E-state index in [1.807, 2.05) is 0 Å². The fourth-order valence-corrected chi connectivity index (χ4v) is 1.42. The quantitative estimate of drug-likeness (QED) is 0.178. The number of rotatable bonds is 8. The Balaban J connectivity index is 5.45. The lowest BCUT2D eigenvalue weighted by Gasteiger charge is -2.23. The Morgan fingerprint density at radius 2 is 0.964 bits per heavy atom. The minimum Gasteiger partial charge on any atom is -0.391 e. The first-order valence-corrected chi connectivity index (χ1v) is 7.71. The van der Waals surface area contributed by atoms with Crippen molar-refractivity contribution in [3.8, 4) is 0 Å². The van der Waals surface area contributed by atoms with E-state index in [2.05, 4.69) is 14.2 Å². The summed E-state index contributed by atoms with van der Waals surface area (Å²) < 4.78 is 12.4. The second kappa shape index (κ2) is 10.6. The normalized spacial score (nSPS) is 16.0. The van der Waals surface area contributed by atoms with Crippen LogP contribution in [0.25, 0.3) is 0 Å². The van der Waals surface area contributed by atoms with E-state index in [4.69, 9.17) is 15.3 Å². The summed E-state index contributed by atoms with van der Waals surface area (Å²) in [5, 5.41) is 37.2. The van der Waals surface area contributed by atoms with E-state index >= 15 is 0 Å². The summed E-state index contributed by atoms with van der Waals surface area (Å²) in [5.74, 6) is -9.49. The van der Waals surface area contributed by atoms with Crippen LogP contribution in [-0.2, 0) is 43.0 Å². The van der Waals surface area contributed by atoms with Gasteiger partial charge in [-0.25, -0.2) is 19.2 Å². The van der Waals surface area contributed by atoms with Crippen LogP contribution in [-0.4, -0.2) is 80.2 Å². The molecule has 0 spiro atoms. The molecule has 3 atom stereocenters. The number of hydrogen-bond donors (Lipinski definition) is 4. The fourth-order valence-electron chi connectivity index (χ4n) is 1.42. The monoisotopic (exact) mass is 408 g/mol. The molecule has 13 heteroatoms. The average Bonchev–Trinajstić information content (AvgIpc) is 2.53. The summed E-state index contributed by atoms with van der Waals surface area (Å²) in [6.45, 7) is 2.83. The third-order valence-electron chi connectivity index (χ3n) is 2.90. The van der Waals surface area contributed by atoms with E-state index in [1.165, 1.54) is 0 Å². The zero-order valence-corrected chi connectivity index (χ0v) is 15.1. The Morgan fingerprint density at radius 1 is 0.679 bits per heavy atom. The zero-order valence-electron chi connectivity index (χ0n) is 15.1. The van der Waals surface area contributed by atoms with Crippen LogP contribution < -0.4 is 0 Å². The second-order valence-electron chi connectivity index (χ2n) is 5.71. The van der Waals surface area contributed by atoms with Gasteiger partial charge in [0.15, 0.2) is 5.60 Å². The zero-order chi connectivity index (χ0) is 22.2. The van der Waals surface area contributed by atoms with Gasteiger partial charge < -0.3 is 34.6 Å². The molecule has 0 aliphatic carbocycles. The molecular weight excluding hydrogens is 388 g/mol. The van der Waals surface area contributed by atoms with Gasteiger partial charge in [0, 0.05) is 0 Å². The predicted molar refractivity (Wildman–Crippen MR) is 82.5 cm³/mol. The molecule has 0 aromatic carbocycles. The number of aliphatic hydroxyl groups is 4. The molecule has 158 valence electrons. The molecule has 0 radical (unpaired) electrons. The second-order valence-corrected chi connectivity index (χ2v) is 5.71. The molecule has 4 N–H and O–H groups in total. The van der Waals surface area contributed by atoms with Gasteiger partial charge in [0.1, 0.15) is 18.3 Å². The van der Waals surface area contributed by atoms with Gasteiger partial charge in [0.25, 0.3) is 0 Å². The number of aliphatic hydroxyl groups excluding tert-OH is 3. The molecule has 0 bridgehead atoms. The third-order valence-corrected chi connectivity index (χ3v) is 2.90. The molecule has 0 saturated carbocycles.